The molecule has 116 valence electrons. The Morgan fingerprint density at radius 2 is 1.95 bits per heavy atom. The molecule has 0 radical (unpaired) electrons. The predicted octanol–water partition coefficient (Wildman–Crippen LogP) is 3.83. The Morgan fingerprint density at radius 3 is 2.48 bits per heavy atom. The number of benzene rings is 1. The average Bonchev–Trinajstić information content (AvgIpc) is 2.37. The zero-order chi connectivity index (χ0) is 16.0. The number of carbonyl (C=O) groups excluding carboxylic acids is 2. The van der Waals surface area contributed by atoms with Crippen LogP contribution in [-0.4, -0.2) is 29.8 Å². The van der Waals surface area contributed by atoms with Crippen molar-refractivity contribution in [2.24, 2.45) is 5.92 Å². The fourth-order valence-corrected chi connectivity index (χ4v) is 2.17. The molecule has 1 aromatic carbocycles. The quantitative estimate of drug-likeness (QED) is 0.861. The Labute approximate surface area is 135 Å². The number of carbonyl (C=O) groups is 2. The van der Waals surface area contributed by atoms with E-state index in [2.05, 4.69) is 19.2 Å². The van der Waals surface area contributed by atoms with Crippen LogP contribution in [0.3, 0.4) is 0 Å². The molecule has 0 saturated heterocycles. The Morgan fingerprint density at radius 1 is 1.29 bits per heavy atom. The molecule has 0 unspecified atom stereocenters. The zero-order valence-corrected chi connectivity index (χ0v) is 14.0. The van der Waals surface area contributed by atoms with Gasteiger partial charge >= 0.3 is 0 Å². The highest BCUT2D eigenvalue weighted by Gasteiger charge is 2.15. The molecule has 21 heavy (non-hydrogen) atoms. The highest BCUT2D eigenvalue weighted by molar-refractivity contribution is 6.36. The van der Waals surface area contributed by atoms with Crippen molar-refractivity contribution < 1.29 is 9.59 Å². The summed E-state index contributed by atoms with van der Waals surface area (Å²) in [5.74, 6) is 0.0757. The number of hydrogen-bond donors (Lipinski definition) is 1. The fraction of sp³-hybridized carbons (Fsp3) is 0.467. The summed E-state index contributed by atoms with van der Waals surface area (Å²) in [5.41, 5.74) is 0.485. The fourth-order valence-electron chi connectivity index (χ4n) is 1.72. The molecular formula is C15H20Cl2N2O2. The monoisotopic (exact) mass is 330 g/mol. The summed E-state index contributed by atoms with van der Waals surface area (Å²) < 4.78 is 0. The molecule has 0 aromatic heterocycles. The van der Waals surface area contributed by atoms with E-state index < -0.39 is 0 Å². The van der Waals surface area contributed by atoms with Crippen LogP contribution in [0.4, 0.5) is 5.69 Å². The molecule has 0 aliphatic rings. The van der Waals surface area contributed by atoms with E-state index in [9.17, 15) is 9.59 Å². The summed E-state index contributed by atoms with van der Waals surface area (Å²) >= 11 is 11.8. The molecule has 1 N–H and O–H groups in total. The van der Waals surface area contributed by atoms with Crippen LogP contribution in [0.25, 0.3) is 0 Å². The van der Waals surface area contributed by atoms with Gasteiger partial charge in [0.1, 0.15) is 0 Å². The Balaban J connectivity index is 2.63. The smallest absolute Gasteiger partial charge is 0.244 e. The lowest BCUT2D eigenvalue weighted by Crippen LogP contribution is -2.37. The maximum Gasteiger partial charge on any atom is 0.244 e. The van der Waals surface area contributed by atoms with Crippen LogP contribution >= 0.6 is 23.2 Å². The van der Waals surface area contributed by atoms with Gasteiger partial charge in [0.05, 0.1) is 17.3 Å². The van der Waals surface area contributed by atoms with Gasteiger partial charge in [0.25, 0.3) is 0 Å². The number of anilines is 1. The molecule has 1 aromatic rings. The SMILES string of the molecule is CC(=O)N(CCC(C)C)CC(=O)Nc1ccc(Cl)cc1Cl. The summed E-state index contributed by atoms with van der Waals surface area (Å²) in [6, 6.07) is 4.83. The molecule has 0 saturated carbocycles. The molecule has 0 aliphatic heterocycles. The van der Waals surface area contributed by atoms with Crippen LogP contribution in [0, 0.1) is 5.92 Å². The number of nitrogens with zero attached hydrogens (tertiary/aromatic N) is 1. The molecule has 6 heteroatoms. The summed E-state index contributed by atoms with van der Waals surface area (Å²) in [5, 5.41) is 3.56. The molecule has 1 rings (SSSR count). The Bertz CT molecular complexity index is 518. The van der Waals surface area contributed by atoms with Crippen LogP contribution in [0.2, 0.25) is 10.0 Å². The molecule has 2 amide bonds. The maximum absolute atomic E-state index is 12.0. The number of hydrogen-bond acceptors (Lipinski definition) is 2. The maximum atomic E-state index is 12.0. The van der Waals surface area contributed by atoms with E-state index in [-0.39, 0.29) is 18.4 Å². The summed E-state index contributed by atoms with van der Waals surface area (Å²) in [4.78, 5) is 25.1. The molecule has 4 nitrogen and oxygen atoms in total. The van der Waals surface area contributed by atoms with Crippen LogP contribution in [-0.2, 0) is 9.59 Å². The van der Waals surface area contributed by atoms with E-state index in [1.54, 1.807) is 18.2 Å². The third-order valence-electron chi connectivity index (χ3n) is 2.96. The molecular weight excluding hydrogens is 311 g/mol. The number of amides is 2. The van der Waals surface area contributed by atoms with E-state index in [0.717, 1.165) is 6.42 Å². The molecule has 0 spiro atoms. The highest BCUT2D eigenvalue weighted by Crippen LogP contribution is 2.25. The number of rotatable bonds is 6. The predicted molar refractivity (Wildman–Crippen MR) is 86.8 cm³/mol. The molecule has 0 bridgehead atoms. The van der Waals surface area contributed by atoms with Crippen molar-refractivity contribution in [2.45, 2.75) is 27.2 Å². The van der Waals surface area contributed by atoms with Crippen molar-refractivity contribution in [1.29, 1.82) is 0 Å². The minimum atomic E-state index is -0.279. The molecule has 0 aliphatic carbocycles. The van der Waals surface area contributed by atoms with Gasteiger partial charge < -0.3 is 10.2 Å². The largest absolute Gasteiger partial charge is 0.334 e. The lowest BCUT2D eigenvalue weighted by molar-refractivity contribution is -0.132. The van der Waals surface area contributed by atoms with E-state index in [0.29, 0.717) is 28.2 Å². The van der Waals surface area contributed by atoms with Crippen molar-refractivity contribution in [2.75, 3.05) is 18.4 Å². The lowest BCUT2D eigenvalue weighted by atomic mass is 10.1. The first-order chi connectivity index (χ1) is 9.79. The van der Waals surface area contributed by atoms with E-state index in [1.165, 1.54) is 11.8 Å². The standard InChI is InChI=1S/C15H20Cl2N2O2/c1-10(2)6-7-19(11(3)20)9-15(21)18-14-5-4-12(16)8-13(14)17/h4-5,8,10H,6-7,9H2,1-3H3,(H,18,21). The van der Waals surface area contributed by atoms with Crippen molar-refractivity contribution in [1.82, 2.24) is 4.90 Å². The molecule has 0 heterocycles. The third-order valence-corrected chi connectivity index (χ3v) is 3.51. The highest BCUT2D eigenvalue weighted by atomic mass is 35.5. The number of nitrogens with one attached hydrogen (secondary N) is 1. The van der Waals surface area contributed by atoms with Gasteiger partial charge in [0.2, 0.25) is 11.8 Å². The van der Waals surface area contributed by atoms with Gasteiger partial charge in [-0.2, -0.15) is 0 Å². The van der Waals surface area contributed by atoms with Crippen LogP contribution in [0.1, 0.15) is 27.2 Å². The first-order valence-electron chi connectivity index (χ1n) is 6.80. The topological polar surface area (TPSA) is 49.4 Å². The lowest BCUT2D eigenvalue weighted by Gasteiger charge is -2.21. The summed E-state index contributed by atoms with van der Waals surface area (Å²) in [6.45, 7) is 6.19. The van der Waals surface area contributed by atoms with Crippen molar-refractivity contribution in [3.05, 3.63) is 28.2 Å². The first kappa shape index (κ1) is 17.8. The number of halogens is 2. The van der Waals surface area contributed by atoms with Gasteiger partial charge in [-0.05, 0) is 30.5 Å². The summed E-state index contributed by atoms with van der Waals surface area (Å²) in [7, 11) is 0. The van der Waals surface area contributed by atoms with E-state index in [1.807, 2.05) is 0 Å². The Kier molecular flexibility index (Phi) is 6.99. The molecule has 0 fully saturated rings. The van der Waals surface area contributed by atoms with Gasteiger partial charge in [-0.25, -0.2) is 0 Å². The molecule has 0 atom stereocenters. The second kappa shape index (κ2) is 8.25. The van der Waals surface area contributed by atoms with Crippen LogP contribution < -0.4 is 5.32 Å². The average molecular weight is 331 g/mol. The van der Waals surface area contributed by atoms with Gasteiger partial charge in [0, 0.05) is 18.5 Å². The van der Waals surface area contributed by atoms with Crippen molar-refractivity contribution in [3.8, 4) is 0 Å². The van der Waals surface area contributed by atoms with Crippen LogP contribution in [0.5, 0.6) is 0 Å². The van der Waals surface area contributed by atoms with Gasteiger partial charge in [-0.15, -0.1) is 0 Å². The van der Waals surface area contributed by atoms with Gasteiger partial charge in [-0.3, -0.25) is 9.59 Å². The van der Waals surface area contributed by atoms with Gasteiger partial charge in [0.15, 0.2) is 0 Å². The summed E-state index contributed by atoms with van der Waals surface area (Å²) in [6.07, 6.45) is 0.856. The minimum absolute atomic E-state index is 0.0149. The van der Waals surface area contributed by atoms with E-state index in [4.69, 9.17) is 23.2 Å². The normalized spacial score (nSPS) is 10.6. The van der Waals surface area contributed by atoms with Crippen molar-refractivity contribution in [3.63, 3.8) is 0 Å². The zero-order valence-electron chi connectivity index (χ0n) is 12.5. The minimum Gasteiger partial charge on any atom is -0.334 e. The van der Waals surface area contributed by atoms with Gasteiger partial charge in [-0.1, -0.05) is 37.0 Å². The van der Waals surface area contributed by atoms with Crippen molar-refractivity contribution >= 4 is 40.7 Å². The Hall–Kier alpha value is -1.26. The first-order valence-corrected chi connectivity index (χ1v) is 7.55. The third kappa shape index (κ3) is 6.36. The second-order valence-electron chi connectivity index (χ2n) is 5.30. The second-order valence-corrected chi connectivity index (χ2v) is 6.14. The van der Waals surface area contributed by atoms with E-state index >= 15 is 0 Å². The van der Waals surface area contributed by atoms with Crippen LogP contribution in [0.15, 0.2) is 18.2 Å².